The number of fused-ring (bicyclic) bond motifs is 1. The second-order valence-corrected chi connectivity index (χ2v) is 11.4. The quantitative estimate of drug-likeness (QED) is 0.359. The van der Waals surface area contributed by atoms with E-state index in [1.54, 1.807) is 36.4 Å². The molecule has 0 saturated carbocycles. The number of benzene rings is 3. The first-order valence-corrected chi connectivity index (χ1v) is 14.3. The van der Waals surface area contributed by atoms with Crippen molar-refractivity contribution < 1.29 is 24.2 Å². The lowest BCUT2D eigenvalue weighted by Crippen LogP contribution is -2.54. The van der Waals surface area contributed by atoms with Crippen molar-refractivity contribution in [3.8, 4) is 0 Å². The number of nitrogens with one attached hydrogen (secondary N) is 2. The summed E-state index contributed by atoms with van der Waals surface area (Å²) >= 11 is 6.38. The lowest BCUT2D eigenvalue weighted by molar-refractivity contribution is -0.148. The van der Waals surface area contributed by atoms with Crippen LogP contribution in [-0.2, 0) is 19.1 Å². The van der Waals surface area contributed by atoms with Gasteiger partial charge in [0.1, 0.15) is 11.6 Å². The first kappa shape index (κ1) is 27.4. The molecule has 3 fully saturated rings. The van der Waals surface area contributed by atoms with Gasteiger partial charge >= 0.3 is 0 Å². The summed E-state index contributed by atoms with van der Waals surface area (Å²) in [5, 5.41) is 16.9. The van der Waals surface area contributed by atoms with E-state index in [1.165, 1.54) is 4.90 Å². The van der Waals surface area contributed by atoms with Crippen LogP contribution in [0.2, 0.25) is 5.02 Å². The molecule has 41 heavy (non-hydrogen) atoms. The number of halogens is 1. The summed E-state index contributed by atoms with van der Waals surface area (Å²) < 4.78 is 6.83. The van der Waals surface area contributed by atoms with E-state index in [1.807, 2.05) is 55.5 Å². The number of carbonyl (C=O) groups is 3. The highest BCUT2D eigenvalue weighted by molar-refractivity contribution is 6.33. The van der Waals surface area contributed by atoms with E-state index < -0.39 is 47.6 Å². The van der Waals surface area contributed by atoms with Gasteiger partial charge in [-0.2, -0.15) is 0 Å². The van der Waals surface area contributed by atoms with Crippen molar-refractivity contribution in [3.05, 3.63) is 95.5 Å². The molecule has 3 aromatic rings. The van der Waals surface area contributed by atoms with Crippen LogP contribution in [0.5, 0.6) is 0 Å². The van der Waals surface area contributed by atoms with Crippen molar-refractivity contribution in [3.63, 3.8) is 0 Å². The van der Waals surface area contributed by atoms with E-state index in [9.17, 15) is 19.5 Å². The Bertz CT molecular complexity index is 1470. The third kappa shape index (κ3) is 4.33. The number of hydrogen-bond donors (Lipinski definition) is 3. The Morgan fingerprint density at radius 2 is 1.63 bits per heavy atom. The number of carbonyl (C=O) groups excluding carboxylic acids is 3. The maximum absolute atomic E-state index is 14.6. The number of nitrogens with zero attached hydrogens (tertiary/aromatic N) is 1. The molecule has 6 atom stereocenters. The Labute approximate surface area is 243 Å². The van der Waals surface area contributed by atoms with Crippen LogP contribution < -0.4 is 10.6 Å². The molecule has 3 saturated heterocycles. The molecule has 3 aromatic carbocycles. The van der Waals surface area contributed by atoms with E-state index >= 15 is 0 Å². The van der Waals surface area contributed by atoms with Crippen molar-refractivity contribution in [1.29, 1.82) is 0 Å². The molecule has 1 spiro atoms. The van der Waals surface area contributed by atoms with E-state index in [2.05, 4.69) is 10.6 Å². The van der Waals surface area contributed by atoms with Gasteiger partial charge in [-0.05, 0) is 49.1 Å². The number of amides is 3. The molecule has 3 aliphatic heterocycles. The summed E-state index contributed by atoms with van der Waals surface area (Å²) in [5.74, 6) is -2.88. The van der Waals surface area contributed by atoms with Crippen molar-refractivity contribution in [2.45, 2.75) is 49.5 Å². The first-order valence-electron chi connectivity index (χ1n) is 13.9. The molecular formula is C32H32ClN3O5. The lowest BCUT2D eigenvalue weighted by atomic mass is 9.65. The summed E-state index contributed by atoms with van der Waals surface area (Å²) in [6, 6.07) is 23.2. The Kier molecular flexibility index (Phi) is 7.09. The second kappa shape index (κ2) is 10.6. The van der Waals surface area contributed by atoms with Gasteiger partial charge in [0, 0.05) is 5.69 Å². The Hall–Kier alpha value is -3.72. The number of hydrogen-bond acceptors (Lipinski definition) is 5. The number of aliphatic hydroxyl groups excluding tert-OH is 1. The van der Waals surface area contributed by atoms with Crippen LogP contribution in [0.25, 0.3) is 0 Å². The average Bonchev–Trinajstić information content (AvgIpc) is 3.60. The molecule has 3 amide bonds. The normalized spacial score (nSPS) is 28.8. The molecule has 0 aromatic heterocycles. The van der Waals surface area contributed by atoms with Gasteiger partial charge in [0.05, 0.1) is 40.8 Å². The van der Waals surface area contributed by atoms with Gasteiger partial charge in [-0.1, -0.05) is 79.2 Å². The molecule has 3 aliphatic rings. The molecule has 2 unspecified atom stereocenters. The Morgan fingerprint density at radius 1 is 0.976 bits per heavy atom. The van der Waals surface area contributed by atoms with Crippen LogP contribution >= 0.6 is 11.6 Å². The number of para-hydroxylation sites is 2. The summed E-state index contributed by atoms with van der Waals surface area (Å²) in [4.78, 5) is 44.2. The monoisotopic (exact) mass is 573 g/mol. The molecule has 9 heteroatoms. The van der Waals surface area contributed by atoms with Gasteiger partial charge < -0.3 is 25.4 Å². The van der Waals surface area contributed by atoms with Gasteiger partial charge in [0.15, 0.2) is 0 Å². The van der Waals surface area contributed by atoms with E-state index in [-0.39, 0.29) is 11.8 Å². The van der Waals surface area contributed by atoms with Crippen LogP contribution in [0.3, 0.4) is 0 Å². The highest BCUT2D eigenvalue weighted by atomic mass is 35.5. The van der Waals surface area contributed by atoms with Crippen LogP contribution in [0.4, 0.5) is 11.4 Å². The molecule has 0 radical (unpaired) electrons. The standard InChI is InChI=1S/C32H32ClN3O5/c1-2-31-17-18-32(41-31)26(25(31)28(38)34-21-13-7-4-8-14-21)30(40)36(24(19-37)20-11-5-3-6-12-20)27(32)29(39)35-23-16-10-9-15-22(23)33/h3-16,24-27,37H,2,17-19H2,1H3,(H,34,38)(H,35,39)/t24-,25+,26+,27?,31-,32?/m1/s1. The third-order valence-corrected chi connectivity index (χ3v) is 9.35. The maximum atomic E-state index is 14.6. The maximum Gasteiger partial charge on any atom is 0.250 e. The molecular weight excluding hydrogens is 542 g/mol. The van der Waals surface area contributed by atoms with Gasteiger partial charge in [0.25, 0.3) is 0 Å². The minimum absolute atomic E-state index is 0.314. The van der Waals surface area contributed by atoms with Crippen LogP contribution in [0.1, 0.15) is 37.8 Å². The Morgan fingerprint density at radius 3 is 2.29 bits per heavy atom. The largest absolute Gasteiger partial charge is 0.394 e. The van der Waals surface area contributed by atoms with Crippen LogP contribution in [0, 0.1) is 11.8 Å². The van der Waals surface area contributed by atoms with Gasteiger partial charge in [0.2, 0.25) is 17.7 Å². The van der Waals surface area contributed by atoms with E-state index in [4.69, 9.17) is 16.3 Å². The zero-order chi connectivity index (χ0) is 28.8. The van der Waals surface area contributed by atoms with Gasteiger partial charge in [-0.25, -0.2) is 0 Å². The fourth-order valence-corrected chi connectivity index (χ4v) is 7.41. The van der Waals surface area contributed by atoms with Crippen LogP contribution in [0.15, 0.2) is 84.9 Å². The van der Waals surface area contributed by atoms with Gasteiger partial charge in [-0.15, -0.1) is 0 Å². The zero-order valence-corrected chi connectivity index (χ0v) is 23.4. The molecule has 2 bridgehead atoms. The van der Waals surface area contributed by atoms with E-state index in [0.717, 1.165) is 0 Å². The number of rotatable bonds is 8. The SMILES string of the molecule is CC[C@]12CCC3(O1)C(C(=O)Nc1ccccc1Cl)N([C@H](CO)c1ccccc1)C(=O)[C@@H]3[C@H]2C(=O)Nc1ccccc1. The highest BCUT2D eigenvalue weighted by Crippen LogP contribution is 2.65. The summed E-state index contributed by atoms with van der Waals surface area (Å²) in [5.41, 5.74) is -0.439. The summed E-state index contributed by atoms with van der Waals surface area (Å²) in [6.45, 7) is 1.54. The molecule has 0 aliphatic carbocycles. The fourth-order valence-electron chi connectivity index (χ4n) is 7.22. The zero-order valence-electron chi connectivity index (χ0n) is 22.6. The summed E-state index contributed by atoms with van der Waals surface area (Å²) in [6.07, 6.45) is 1.46. The molecule has 212 valence electrons. The van der Waals surface area contributed by atoms with Crippen molar-refractivity contribution in [2.75, 3.05) is 17.2 Å². The Balaban J connectivity index is 1.45. The van der Waals surface area contributed by atoms with E-state index in [0.29, 0.717) is 41.2 Å². The molecule has 8 nitrogen and oxygen atoms in total. The number of anilines is 2. The minimum atomic E-state index is -1.25. The van der Waals surface area contributed by atoms with Crippen LogP contribution in [-0.4, -0.2) is 51.6 Å². The fraction of sp³-hybridized carbons (Fsp3) is 0.344. The number of aliphatic hydroxyl groups is 1. The predicted octanol–water partition coefficient (Wildman–Crippen LogP) is 4.81. The van der Waals surface area contributed by atoms with Crippen molar-refractivity contribution >= 4 is 40.7 Å². The molecule has 3 N–H and O–H groups in total. The first-order chi connectivity index (χ1) is 19.8. The van der Waals surface area contributed by atoms with Gasteiger partial charge in [-0.3, -0.25) is 14.4 Å². The second-order valence-electron chi connectivity index (χ2n) is 11.0. The summed E-state index contributed by atoms with van der Waals surface area (Å²) in [7, 11) is 0. The molecule has 6 rings (SSSR count). The third-order valence-electron chi connectivity index (χ3n) is 9.02. The van der Waals surface area contributed by atoms with Crippen molar-refractivity contribution in [1.82, 2.24) is 4.90 Å². The van der Waals surface area contributed by atoms with Crippen molar-refractivity contribution in [2.24, 2.45) is 11.8 Å². The number of likely N-dealkylation sites (tertiary alicyclic amines) is 1. The molecule has 3 heterocycles. The topological polar surface area (TPSA) is 108 Å². The smallest absolute Gasteiger partial charge is 0.250 e. The predicted molar refractivity (Wildman–Crippen MR) is 155 cm³/mol. The number of ether oxygens (including phenoxy) is 1. The lowest BCUT2D eigenvalue weighted by Gasteiger charge is -2.37. The highest BCUT2D eigenvalue weighted by Gasteiger charge is 2.79. The average molecular weight is 574 g/mol. The minimum Gasteiger partial charge on any atom is -0.394 e.